The van der Waals surface area contributed by atoms with Crippen LogP contribution in [0.4, 0.5) is 0 Å². The number of hydrogen-bond acceptors (Lipinski definition) is 3. The molecular weight excluding hydrogens is 300 g/mol. The third-order valence-electron chi connectivity index (χ3n) is 4.80. The van der Waals surface area contributed by atoms with E-state index in [9.17, 15) is 4.79 Å². The lowest BCUT2D eigenvalue weighted by atomic mass is 10.0. The minimum absolute atomic E-state index is 0.118. The number of hydrogen-bond donors (Lipinski definition) is 0. The van der Waals surface area contributed by atoms with Crippen LogP contribution in [0.5, 0.6) is 0 Å². The molecule has 1 aromatic heterocycles. The first-order chi connectivity index (χ1) is 11.7. The van der Waals surface area contributed by atoms with Crippen molar-refractivity contribution in [2.45, 2.75) is 32.6 Å². The minimum atomic E-state index is 0.118. The minimum Gasteiger partial charge on any atom is -0.491 e. The molecule has 0 radical (unpaired) electrons. The number of aromatic nitrogens is 1. The number of benzene rings is 1. The summed E-state index contributed by atoms with van der Waals surface area (Å²) in [6.07, 6.45) is 6.35. The number of likely N-dealkylation sites (tertiary alicyclic amines) is 1. The molecule has 24 heavy (non-hydrogen) atoms. The Morgan fingerprint density at radius 1 is 1.17 bits per heavy atom. The second kappa shape index (κ2) is 6.27. The summed E-state index contributed by atoms with van der Waals surface area (Å²) in [5, 5.41) is 0.938. The number of fused-ring (bicyclic) bond motifs is 1. The highest BCUT2D eigenvalue weighted by atomic mass is 16.5. The zero-order valence-corrected chi connectivity index (χ0v) is 14.0. The first-order valence-electron chi connectivity index (χ1n) is 8.76. The molecule has 1 saturated heterocycles. The average Bonchev–Trinajstić information content (AvgIpc) is 3.16. The van der Waals surface area contributed by atoms with Gasteiger partial charge in [-0.25, -0.2) is 4.98 Å². The van der Waals surface area contributed by atoms with Crippen LogP contribution >= 0.6 is 0 Å². The van der Waals surface area contributed by atoms with Gasteiger partial charge in [-0.1, -0.05) is 11.6 Å². The molecule has 0 aliphatic carbocycles. The zero-order chi connectivity index (χ0) is 16.5. The third kappa shape index (κ3) is 2.77. The molecule has 0 unspecified atom stereocenters. The van der Waals surface area contributed by atoms with Crippen molar-refractivity contribution in [1.29, 1.82) is 0 Å². The van der Waals surface area contributed by atoms with E-state index in [2.05, 4.69) is 12.1 Å². The van der Waals surface area contributed by atoms with Crippen LogP contribution in [0.25, 0.3) is 16.7 Å². The van der Waals surface area contributed by atoms with Crippen molar-refractivity contribution in [1.82, 2.24) is 9.88 Å². The monoisotopic (exact) mass is 322 g/mol. The summed E-state index contributed by atoms with van der Waals surface area (Å²) in [7, 11) is 0. The van der Waals surface area contributed by atoms with E-state index in [0.29, 0.717) is 6.61 Å². The number of carbonyl (C=O) groups is 1. The van der Waals surface area contributed by atoms with Gasteiger partial charge in [-0.3, -0.25) is 4.79 Å². The fourth-order valence-corrected chi connectivity index (χ4v) is 3.51. The second-order valence-electron chi connectivity index (χ2n) is 6.63. The van der Waals surface area contributed by atoms with Gasteiger partial charge in [-0.15, -0.1) is 0 Å². The largest absolute Gasteiger partial charge is 0.491 e. The van der Waals surface area contributed by atoms with Crippen LogP contribution in [0.3, 0.4) is 0 Å². The van der Waals surface area contributed by atoms with E-state index >= 15 is 0 Å². The van der Waals surface area contributed by atoms with E-state index in [4.69, 9.17) is 9.72 Å². The first kappa shape index (κ1) is 15.2. The number of pyridine rings is 1. The molecular formula is C20H22N2O2. The molecule has 2 aliphatic heterocycles. The highest BCUT2D eigenvalue weighted by molar-refractivity contribution is 6.07. The Balaban J connectivity index is 1.84. The summed E-state index contributed by atoms with van der Waals surface area (Å²) in [6.45, 7) is 4.44. The van der Waals surface area contributed by atoms with Gasteiger partial charge in [0.25, 0.3) is 5.91 Å². The summed E-state index contributed by atoms with van der Waals surface area (Å²) < 4.78 is 5.67. The molecule has 4 heteroatoms. The van der Waals surface area contributed by atoms with Gasteiger partial charge in [0, 0.05) is 24.9 Å². The number of amides is 1. The Bertz CT molecular complexity index is 820. The second-order valence-corrected chi connectivity index (χ2v) is 6.63. The van der Waals surface area contributed by atoms with Crippen molar-refractivity contribution < 1.29 is 9.53 Å². The van der Waals surface area contributed by atoms with Crippen molar-refractivity contribution in [2.24, 2.45) is 0 Å². The molecule has 1 fully saturated rings. The molecule has 0 N–H and O–H groups in total. The summed E-state index contributed by atoms with van der Waals surface area (Å²) >= 11 is 0. The molecule has 2 aliphatic rings. The van der Waals surface area contributed by atoms with E-state index in [1.54, 1.807) is 0 Å². The SMILES string of the molecule is Cc1ccc2nc(C3=CCCO3)cc(C(=O)N3CCCCC3)c2c1. The van der Waals surface area contributed by atoms with Gasteiger partial charge in [-0.2, -0.15) is 0 Å². The zero-order valence-electron chi connectivity index (χ0n) is 14.0. The molecule has 2 aromatic rings. The Morgan fingerprint density at radius 3 is 2.75 bits per heavy atom. The highest BCUT2D eigenvalue weighted by Gasteiger charge is 2.22. The van der Waals surface area contributed by atoms with Crippen LogP contribution in [-0.2, 0) is 4.74 Å². The highest BCUT2D eigenvalue weighted by Crippen LogP contribution is 2.28. The van der Waals surface area contributed by atoms with Crippen molar-refractivity contribution in [2.75, 3.05) is 19.7 Å². The summed E-state index contributed by atoms with van der Waals surface area (Å²) in [4.78, 5) is 19.8. The van der Waals surface area contributed by atoms with Crippen LogP contribution in [0.1, 0.15) is 47.3 Å². The van der Waals surface area contributed by atoms with Gasteiger partial charge in [0.05, 0.1) is 17.7 Å². The Morgan fingerprint density at radius 2 is 2.00 bits per heavy atom. The summed E-state index contributed by atoms with van der Waals surface area (Å²) in [5.41, 5.74) is 3.51. The average molecular weight is 322 g/mol. The Hall–Kier alpha value is -2.36. The molecule has 124 valence electrons. The van der Waals surface area contributed by atoms with E-state index < -0.39 is 0 Å². The van der Waals surface area contributed by atoms with Gasteiger partial charge < -0.3 is 9.64 Å². The summed E-state index contributed by atoms with van der Waals surface area (Å²) in [5.74, 6) is 0.915. The van der Waals surface area contributed by atoms with Crippen LogP contribution in [-0.4, -0.2) is 35.5 Å². The number of nitrogens with zero attached hydrogens (tertiary/aromatic N) is 2. The number of piperidine rings is 1. The van der Waals surface area contributed by atoms with Crippen LogP contribution in [0.2, 0.25) is 0 Å². The molecule has 0 spiro atoms. The molecule has 3 heterocycles. The molecule has 4 rings (SSSR count). The maximum absolute atomic E-state index is 13.1. The number of aryl methyl sites for hydroxylation is 1. The van der Waals surface area contributed by atoms with E-state index in [1.807, 2.05) is 30.0 Å². The van der Waals surface area contributed by atoms with Crippen LogP contribution in [0, 0.1) is 6.92 Å². The molecule has 0 atom stereocenters. The smallest absolute Gasteiger partial charge is 0.254 e. The predicted octanol–water partition coefficient (Wildman–Crippen LogP) is 3.93. The lowest BCUT2D eigenvalue weighted by Gasteiger charge is -2.27. The topological polar surface area (TPSA) is 42.4 Å². The van der Waals surface area contributed by atoms with Gasteiger partial charge in [0.1, 0.15) is 11.5 Å². The number of ether oxygens (including phenoxy) is 1. The van der Waals surface area contributed by atoms with Crippen molar-refractivity contribution in [3.05, 3.63) is 47.2 Å². The van der Waals surface area contributed by atoms with Crippen LogP contribution < -0.4 is 0 Å². The maximum Gasteiger partial charge on any atom is 0.254 e. The molecule has 1 aromatic carbocycles. The fourth-order valence-electron chi connectivity index (χ4n) is 3.51. The number of carbonyl (C=O) groups excluding carboxylic acids is 1. The van der Waals surface area contributed by atoms with E-state index in [-0.39, 0.29) is 5.91 Å². The maximum atomic E-state index is 13.1. The van der Waals surface area contributed by atoms with Gasteiger partial charge in [-0.05, 0) is 50.5 Å². The van der Waals surface area contributed by atoms with Crippen molar-refractivity contribution in [3.63, 3.8) is 0 Å². The van der Waals surface area contributed by atoms with E-state index in [1.165, 1.54) is 6.42 Å². The lowest BCUT2D eigenvalue weighted by Crippen LogP contribution is -2.35. The van der Waals surface area contributed by atoms with Gasteiger partial charge in [0.2, 0.25) is 0 Å². The third-order valence-corrected chi connectivity index (χ3v) is 4.80. The molecule has 1 amide bonds. The van der Waals surface area contributed by atoms with Gasteiger partial charge >= 0.3 is 0 Å². The normalized spacial score (nSPS) is 17.7. The first-order valence-corrected chi connectivity index (χ1v) is 8.76. The standard InChI is InChI=1S/C20H22N2O2/c1-14-7-8-17-15(12-14)16(20(23)22-9-3-2-4-10-22)13-18(21-17)19-6-5-11-24-19/h6-8,12-13H,2-5,9-11H2,1H3. The van der Waals surface area contributed by atoms with Gasteiger partial charge in [0.15, 0.2) is 0 Å². The fraction of sp³-hybridized carbons (Fsp3) is 0.400. The van der Waals surface area contributed by atoms with Crippen molar-refractivity contribution in [3.8, 4) is 0 Å². The quantitative estimate of drug-likeness (QED) is 0.841. The predicted molar refractivity (Wildman–Crippen MR) is 94.8 cm³/mol. The Kier molecular flexibility index (Phi) is 3.97. The molecule has 4 nitrogen and oxygen atoms in total. The summed E-state index contributed by atoms with van der Waals surface area (Å²) in [6, 6.07) is 8.01. The van der Waals surface area contributed by atoms with E-state index in [0.717, 1.165) is 65.8 Å². The molecule has 0 saturated carbocycles. The molecule has 0 bridgehead atoms. The van der Waals surface area contributed by atoms with Crippen LogP contribution in [0.15, 0.2) is 30.3 Å². The Labute approximate surface area is 142 Å². The lowest BCUT2D eigenvalue weighted by molar-refractivity contribution is 0.0726. The number of rotatable bonds is 2. The van der Waals surface area contributed by atoms with Crippen molar-refractivity contribution >= 4 is 22.6 Å².